The number of fused-ring (bicyclic) bond motifs is 1. The van der Waals surface area contributed by atoms with Crippen molar-refractivity contribution in [3.8, 4) is 11.4 Å². The Bertz CT molecular complexity index is 861. The summed E-state index contributed by atoms with van der Waals surface area (Å²) in [6.07, 6.45) is 3.51. The van der Waals surface area contributed by atoms with Crippen LogP contribution in [0.3, 0.4) is 0 Å². The average molecular weight is 335 g/mol. The smallest absolute Gasteiger partial charge is 0.264 e. The molecule has 25 heavy (non-hydrogen) atoms. The van der Waals surface area contributed by atoms with E-state index < -0.39 is 0 Å². The van der Waals surface area contributed by atoms with E-state index >= 15 is 0 Å². The largest absolute Gasteiger partial charge is 0.484 e. The lowest BCUT2D eigenvalue weighted by atomic mass is 10.0. The van der Waals surface area contributed by atoms with Crippen LogP contribution in [0.4, 0.5) is 5.69 Å². The summed E-state index contributed by atoms with van der Waals surface area (Å²) < 4.78 is 7.21. The van der Waals surface area contributed by atoms with E-state index in [0.717, 1.165) is 30.8 Å². The summed E-state index contributed by atoms with van der Waals surface area (Å²) >= 11 is 0. The highest BCUT2D eigenvalue weighted by atomic mass is 16.5. The van der Waals surface area contributed by atoms with E-state index in [9.17, 15) is 4.79 Å². The molecule has 1 aliphatic rings. The SMILES string of the molecule is O=C(COc1ccc(-n2cnnn2)cc1)N1CCCc2ccccc21. The number of hydrogen-bond donors (Lipinski definition) is 0. The van der Waals surface area contributed by atoms with Crippen LogP contribution in [0, 0.1) is 0 Å². The minimum absolute atomic E-state index is 0.0125. The first kappa shape index (κ1) is 15.3. The lowest BCUT2D eigenvalue weighted by Crippen LogP contribution is -2.38. The van der Waals surface area contributed by atoms with Crippen molar-refractivity contribution in [2.75, 3.05) is 18.1 Å². The van der Waals surface area contributed by atoms with Crippen molar-refractivity contribution in [1.82, 2.24) is 20.2 Å². The van der Waals surface area contributed by atoms with Gasteiger partial charge < -0.3 is 9.64 Å². The molecular formula is C18H17N5O2. The fourth-order valence-electron chi connectivity index (χ4n) is 2.99. The van der Waals surface area contributed by atoms with Crippen LogP contribution in [-0.4, -0.2) is 39.3 Å². The van der Waals surface area contributed by atoms with Gasteiger partial charge in [-0.25, -0.2) is 4.68 Å². The zero-order chi connectivity index (χ0) is 17.1. The van der Waals surface area contributed by atoms with Gasteiger partial charge in [-0.15, -0.1) is 5.10 Å². The lowest BCUT2D eigenvalue weighted by molar-refractivity contribution is -0.120. The van der Waals surface area contributed by atoms with Crippen molar-refractivity contribution >= 4 is 11.6 Å². The lowest BCUT2D eigenvalue weighted by Gasteiger charge is -2.29. The summed E-state index contributed by atoms with van der Waals surface area (Å²) in [4.78, 5) is 14.4. The highest BCUT2D eigenvalue weighted by Gasteiger charge is 2.22. The van der Waals surface area contributed by atoms with Crippen LogP contribution in [0.25, 0.3) is 5.69 Å². The van der Waals surface area contributed by atoms with Crippen LogP contribution in [0.2, 0.25) is 0 Å². The van der Waals surface area contributed by atoms with E-state index in [1.165, 1.54) is 11.9 Å². The molecule has 1 aliphatic heterocycles. The number of benzene rings is 2. The standard InChI is InChI=1S/C18H17N5O2/c24-18(22-11-3-5-14-4-1-2-6-17(14)22)12-25-16-9-7-15(8-10-16)23-13-19-20-21-23/h1-2,4,6-10,13H,3,5,11-12H2. The molecule has 0 fully saturated rings. The second-order valence-corrected chi connectivity index (χ2v) is 5.81. The monoisotopic (exact) mass is 335 g/mol. The van der Waals surface area contributed by atoms with Gasteiger partial charge in [0.1, 0.15) is 12.1 Å². The number of aryl methyl sites for hydroxylation is 1. The Morgan fingerprint density at radius 1 is 1.12 bits per heavy atom. The Kier molecular flexibility index (Phi) is 4.12. The molecule has 7 heteroatoms. The molecule has 0 N–H and O–H groups in total. The van der Waals surface area contributed by atoms with Gasteiger partial charge in [0.25, 0.3) is 5.91 Å². The predicted octanol–water partition coefficient (Wildman–Crippen LogP) is 2.02. The number of para-hydroxylation sites is 1. The Balaban J connectivity index is 1.41. The average Bonchev–Trinajstić information content (AvgIpc) is 3.21. The van der Waals surface area contributed by atoms with Crippen molar-refractivity contribution in [1.29, 1.82) is 0 Å². The van der Waals surface area contributed by atoms with Gasteiger partial charge in [0.05, 0.1) is 5.69 Å². The van der Waals surface area contributed by atoms with Gasteiger partial charge in [-0.1, -0.05) is 18.2 Å². The first-order valence-corrected chi connectivity index (χ1v) is 8.16. The van der Waals surface area contributed by atoms with Gasteiger partial charge >= 0.3 is 0 Å². The summed E-state index contributed by atoms with van der Waals surface area (Å²) in [6.45, 7) is 0.746. The van der Waals surface area contributed by atoms with Gasteiger partial charge in [0, 0.05) is 12.2 Å². The number of hydrogen-bond acceptors (Lipinski definition) is 5. The Morgan fingerprint density at radius 3 is 2.76 bits per heavy atom. The number of amides is 1. The molecule has 0 unspecified atom stereocenters. The van der Waals surface area contributed by atoms with Crippen molar-refractivity contribution in [2.24, 2.45) is 0 Å². The highest BCUT2D eigenvalue weighted by Crippen LogP contribution is 2.26. The molecule has 0 saturated heterocycles. The molecule has 1 amide bonds. The van der Waals surface area contributed by atoms with E-state index in [1.54, 1.807) is 16.8 Å². The van der Waals surface area contributed by atoms with E-state index in [0.29, 0.717) is 5.75 Å². The maximum atomic E-state index is 12.6. The maximum Gasteiger partial charge on any atom is 0.264 e. The number of carbonyl (C=O) groups excluding carboxylic acids is 1. The summed E-state index contributed by atoms with van der Waals surface area (Å²) in [5.41, 5.74) is 3.04. The Morgan fingerprint density at radius 2 is 1.96 bits per heavy atom. The molecule has 0 radical (unpaired) electrons. The van der Waals surface area contributed by atoms with Crippen molar-refractivity contribution in [3.63, 3.8) is 0 Å². The second-order valence-electron chi connectivity index (χ2n) is 5.81. The minimum Gasteiger partial charge on any atom is -0.484 e. The number of ether oxygens (including phenoxy) is 1. The van der Waals surface area contributed by atoms with Gasteiger partial charge in [-0.3, -0.25) is 4.79 Å². The summed E-state index contributed by atoms with van der Waals surface area (Å²) in [6, 6.07) is 15.3. The molecule has 0 spiro atoms. The van der Waals surface area contributed by atoms with Crippen LogP contribution >= 0.6 is 0 Å². The molecule has 4 rings (SSSR count). The van der Waals surface area contributed by atoms with Crippen LogP contribution < -0.4 is 9.64 Å². The van der Waals surface area contributed by atoms with Crippen molar-refractivity contribution in [3.05, 3.63) is 60.4 Å². The number of anilines is 1. The van der Waals surface area contributed by atoms with E-state index in [1.807, 2.05) is 35.2 Å². The first-order chi connectivity index (χ1) is 12.3. The van der Waals surface area contributed by atoms with Gasteiger partial charge in [-0.05, 0) is 59.2 Å². The molecule has 0 saturated carbocycles. The summed E-state index contributed by atoms with van der Waals surface area (Å²) in [5, 5.41) is 11.0. The third kappa shape index (κ3) is 3.21. The first-order valence-electron chi connectivity index (χ1n) is 8.16. The topological polar surface area (TPSA) is 73.1 Å². The third-order valence-corrected chi connectivity index (χ3v) is 4.22. The molecule has 2 aromatic carbocycles. The van der Waals surface area contributed by atoms with Crippen LogP contribution in [0.5, 0.6) is 5.75 Å². The zero-order valence-corrected chi connectivity index (χ0v) is 13.6. The highest BCUT2D eigenvalue weighted by molar-refractivity contribution is 5.95. The zero-order valence-electron chi connectivity index (χ0n) is 13.6. The Labute approximate surface area is 144 Å². The fourth-order valence-corrected chi connectivity index (χ4v) is 2.99. The number of aromatic nitrogens is 4. The normalized spacial score (nSPS) is 13.4. The summed E-state index contributed by atoms with van der Waals surface area (Å²) in [5.74, 6) is 0.604. The summed E-state index contributed by atoms with van der Waals surface area (Å²) in [7, 11) is 0. The minimum atomic E-state index is -0.0308. The molecule has 0 atom stereocenters. The van der Waals surface area contributed by atoms with E-state index in [-0.39, 0.29) is 12.5 Å². The molecular weight excluding hydrogens is 318 g/mol. The number of tetrazole rings is 1. The molecule has 126 valence electrons. The number of carbonyl (C=O) groups is 1. The third-order valence-electron chi connectivity index (χ3n) is 4.22. The van der Waals surface area contributed by atoms with E-state index in [4.69, 9.17) is 4.74 Å². The number of nitrogens with zero attached hydrogens (tertiary/aromatic N) is 5. The van der Waals surface area contributed by atoms with E-state index in [2.05, 4.69) is 21.6 Å². The van der Waals surface area contributed by atoms with Gasteiger partial charge in [-0.2, -0.15) is 0 Å². The second kappa shape index (κ2) is 6.72. The van der Waals surface area contributed by atoms with Crippen LogP contribution in [0.1, 0.15) is 12.0 Å². The molecule has 7 nitrogen and oxygen atoms in total. The predicted molar refractivity (Wildman–Crippen MR) is 91.8 cm³/mol. The van der Waals surface area contributed by atoms with Gasteiger partial charge in [0.15, 0.2) is 6.61 Å². The molecule has 3 aromatic rings. The van der Waals surface area contributed by atoms with Crippen LogP contribution in [0.15, 0.2) is 54.9 Å². The molecule has 0 bridgehead atoms. The quantitative estimate of drug-likeness (QED) is 0.729. The number of rotatable bonds is 4. The molecule has 1 aromatic heterocycles. The fraction of sp³-hybridized carbons (Fsp3) is 0.222. The molecule has 0 aliphatic carbocycles. The maximum absolute atomic E-state index is 12.6. The van der Waals surface area contributed by atoms with Crippen molar-refractivity contribution in [2.45, 2.75) is 12.8 Å². The van der Waals surface area contributed by atoms with Crippen LogP contribution in [-0.2, 0) is 11.2 Å². The van der Waals surface area contributed by atoms with Gasteiger partial charge in [0.2, 0.25) is 0 Å². The Hall–Kier alpha value is -3.22. The van der Waals surface area contributed by atoms with Crippen molar-refractivity contribution < 1.29 is 9.53 Å². The molecule has 2 heterocycles.